The van der Waals surface area contributed by atoms with E-state index in [-0.39, 0.29) is 5.96 Å². The largest absolute Gasteiger partial charge is 0.370 e. The van der Waals surface area contributed by atoms with E-state index in [0.29, 0.717) is 0 Å². The molecule has 0 aromatic heterocycles. The van der Waals surface area contributed by atoms with E-state index in [9.17, 15) is 0 Å². The summed E-state index contributed by atoms with van der Waals surface area (Å²) in [5.74, 6) is -0.333. The average molecular weight is 184 g/mol. The number of hydrogen-bond donors (Lipinski definition) is 4. The predicted octanol–water partition coefficient (Wildman–Crippen LogP) is -1.75. The zero-order valence-electron chi connectivity index (χ0n) is 5.54. The highest BCUT2D eigenvalue weighted by Crippen LogP contribution is 1.44. The minimum atomic E-state index is -1.75. The lowest BCUT2D eigenvalue weighted by atomic mass is 11.1. The predicted molar refractivity (Wildman–Crippen MR) is 35.2 cm³/mol. The number of nitrogens with zero attached hydrogens (tertiary/aromatic N) is 2. The number of hydrogen-bond acceptors (Lipinski definition) is 6. The fourth-order valence-electron chi connectivity index (χ4n) is 0. The molecule has 6 N–H and O–H groups in total. The van der Waals surface area contributed by atoms with Gasteiger partial charge in [0.15, 0.2) is 5.96 Å². The van der Waals surface area contributed by atoms with Crippen molar-refractivity contribution in [3.8, 4) is 0 Å². The Labute approximate surface area is 64.9 Å². The zero-order chi connectivity index (χ0) is 10.7. The fourth-order valence-corrected chi connectivity index (χ4v) is 0. The number of rotatable bonds is 0. The van der Waals surface area contributed by atoms with Crippen molar-refractivity contribution in [2.75, 3.05) is 0 Å². The van der Waals surface area contributed by atoms with Crippen LogP contribution in [0.5, 0.6) is 0 Å². The standard InChI is InChI=1S/CH5N3.HNO3.NO3/c3*2-1(3)4/h(H5,2,3,4);(H,2,3,4);/q;;-1. The number of nitrogens with one attached hydrogen (secondary N) is 1. The maximum atomic E-state index is 8.36. The fraction of sp³-hybridized carbons (Fsp3) is 0. The van der Waals surface area contributed by atoms with E-state index in [1.165, 1.54) is 0 Å². The highest BCUT2D eigenvalue weighted by molar-refractivity contribution is 5.71. The van der Waals surface area contributed by atoms with Gasteiger partial charge in [-0.2, -0.15) is 0 Å². The van der Waals surface area contributed by atoms with Gasteiger partial charge < -0.3 is 32.0 Å². The molecule has 0 saturated carbocycles. The van der Waals surface area contributed by atoms with Crippen LogP contribution in [0.4, 0.5) is 0 Å². The Morgan fingerprint density at radius 3 is 1.25 bits per heavy atom. The summed E-state index contributed by atoms with van der Waals surface area (Å²) in [6.45, 7) is 0. The van der Waals surface area contributed by atoms with E-state index in [2.05, 4.69) is 11.5 Å². The third-order valence-electron chi connectivity index (χ3n) is 0. The van der Waals surface area contributed by atoms with Gasteiger partial charge >= 0.3 is 0 Å². The lowest BCUT2D eigenvalue weighted by Gasteiger charge is -1.74. The normalized spacial score (nSPS) is 6.00. The van der Waals surface area contributed by atoms with Crippen LogP contribution in [0, 0.1) is 30.8 Å². The van der Waals surface area contributed by atoms with E-state index >= 15 is 0 Å². The Balaban J connectivity index is -0.000000101. The lowest BCUT2D eigenvalue weighted by molar-refractivity contribution is -0.742. The first-order valence-electron chi connectivity index (χ1n) is 1.94. The molecule has 11 nitrogen and oxygen atoms in total. The molecule has 0 radical (unpaired) electrons. The third kappa shape index (κ3) is 62.9. The van der Waals surface area contributed by atoms with Crippen LogP contribution >= 0.6 is 0 Å². The Hall–Kier alpha value is -2.33. The highest BCUT2D eigenvalue weighted by Gasteiger charge is 1.65. The first-order chi connectivity index (χ1) is 5.20. The molecule has 0 aromatic rings. The molecule has 0 bridgehead atoms. The zero-order valence-corrected chi connectivity index (χ0v) is 5.54. The van der Waals surface area contributed by atoms with Gasteiger partial charge in [0.05, 0.1) is 5.09 Å². The van der Waals surface area contributed by atoms with Gasteiger partial charge in [0.2, 0.25) is 0 Å². The molecule has 0 aliphatic rings. The van der Waals surface area contributed by atoms with Crippen LogP contribution in [-0.4, -0.2) is 21.3 Å². The van der Waals surface area contributed by atoms with Crippen molar-refractivity contribution in [3.63, 3.8) is 0 Å². The van der Waals surface area contributed by atoms with Gasteiger partial charge in [-0.3, -0.25) is 5.41 Å². The van der Waals surface area contributed by atoms with Gasteiger partial charge in [-0.25, -0.2) is 0 Å². The van der Waals surface area contributed by atoms with Crippen molar-refractivity contribution in [1.82, 2.24) is 0 Å². The molecule has 0 amide bonds. The van der Waals surface area contributed by atoms with E-state index < -0.39 is 10.2 Å². The number of guanidine groups is 1. The molecule has 0 aliphatic heterocycles. The Bertz CT molecular complexity index is 113. The van der Waals surface area contributed by atoms with E-state index in [4.69, 9.17) is 36.1 Å². The van der Waals surface area contributed by atoms with Gasteiger partial charge in [-0.1, -0.05) is 0 Å². The van der Waals surface area contributed by atoms with Crippen LogP contribution in [0.2, 0.25) is 0 Å². The molecule has 11 heteroatoms. The molecule has 0 aromatic carbocycles. The van der Waals surface area contributed by atoms with E-state index in [1.807, 2.05) is 0 Å². The summed E-state index contributed by atoms with van der Waals surface area (Å²) in [6.07, 6.45) is 0. The molecule has 0 aliphatic carbocycles. The van der Waals surface area contributed by atoms with Gasteiger partial charge in [-0.15, -0.1) is 10.1 Å². The second kappa shape index (κ2) is 11.5. The highest BCUT2D eigenvalue weighted by atomic mass is 16.9. The van der Waals surface area contributed by atoms with Gasteiger partial charge in [0, 0.05) is 0 Å². The van der Waals surface area contributed by atoms with Crippen molar-refractivity contribution in [3.05, 3.63) is 25.4 Å². The summed E-state index contributed by atoms with van der Waals surface area (Å²) >= 11 is 0. The minimum Gasteiger partial charge on any atom is -0.370 e. The first-order valence-corrected chi connectivity index (χ1v) is 1.94. The summed E-state index contributed by atoms with van der Waals surface area (Å²) in [6, 6.07) is 0. The van der Waals surface area contributed by atoms with Gasteiger partial charge in [-0.05, 0) is 0 Å². The average Bonchev–Trinajstić information content (AvgIpc) is 1.54. The smallest absolute Gasteiger partial charge is 0.291 e. The summed E-state index contributed by atoms with van der Waals surface area (Å²) in [7, 11) is 0. The maximum absolute atomic E-state index is 8.36. The minimum absolute atomic E-state index is 0.333. The summed E-state index contributed by atoms with van der Waals surface area (Å²) < 4.78 is 0. The Morgan fingerprint density at radius 1 is 1.25 bits per heavy atom. The molecule has 0 spiro atoms. The van der Waals surface area contributed by atoms with E-state index in [1.54, 1.807) is 0 Å². The SMILES string of the molecule is N=C(N)N.O=[N+]([O-])O.O=[N+]([O-])[O-]. The molecule has 72 valence electrons. The molecule has 0 heterocycles. The third-order valence-corrected chi connectivity index (χ3v) is 0. The molecule has 0 fully saturated rings. The van der Waals surface area contributed by atoms with Gasteiger partial charge in [0.25, 0.3) is 5.09 Å². The van der Waals surface area contributed by atoms with Crippen LogP contribution in [0.15, 0.2) is 0 Å². The lowest BCUT2D eigenvalue weighted by Crippen LogP contribution is -2.20. The Morgan fingerprint density at radius 2 is 1.25 bits per heavy atom. The van der Waals surface area contributed by atoms with Gasteiger partial charge in [0.1, 0.15) is 0 Å². The van der Waals surface area contributed by atoms with Crippen LogP contribution in [0.25, 0.3) is 0 Å². The van der Waals surface area contributed by atoms with Crippen molar-refractivity contribution in [2.24, 2.45) is 11.5 Å². The molecular weight excluding hydrogens is 178 g/mol. The Kier molecular flexibility index (Phi) is 15.6. The topological polar surface area (TPSA) is 205 Å². The number of nitrogens with two attached hydrogens (primary N) is 2. The molecule has 12 heavy (non-hydrogen) atoms. The molecule has 0 atom stereocenters. The molecule has 0 saturated heterocycles. The summed E-state index contributed by atoms with van der Waals surface area (Å²) in [5, 5.41) is 34.4. The monoisotopic (exact) mass is 184 g/mol. The van der Waals surface area contributed by atoms with Crippen molar-refractivity contribution in [1.29, 1.82) is 5.41 Å². The first kappa shape index (κ1) is 16.3. The molecule has 0 unspecified atom stereocenters. The molecule has 0 rings (SSSR count). The quantitative estimate of drug-likeness (QED) is 0.146. The summed E-state index contributed by atoms with van der Waals surface area (Å²) in [4.78, 5) is 16.6. The van der Waals surface area contributed by atoms with Crippen LogP contribution in [0.1, 0.15) is 0 Å². The van der Waals surface area contributed by atoms with Crippen LogP contribution < -0.4 is 11.5 Å². The van der Waals surface area contributed by atoms with E-state index in [0.717, 1.165) is 0 Å². The van der Waals surface area contributed by atoms with Crippen molar-refractivity contribution >= 4 is 5.96 Å². The summed E-state index contributed by atoms with van der Waals surface area (Å²) in [5.41, 5.74) is 8.94. The van der Waals surface area contributed by atoms with Crippen LogP contribution in [0.3, 0.4) is 0 Å². The second-order valence-electron chi connectivity index (χ2n) is 0.917. The van der Waals surface area contributed by atoms with Crippen molar-refractivity contribution in [2.45, 2.75) is 0 Å². The molecular formula is CH6N5O6-. The van der Waals surface area contributed by atoms with Crippen LogP contribution in [-0.2, 0) is 0 Å². The van der Waals surface area contributed by atoms with Crippen molar-refractivity contribution < 1.29 is 15.4 Å². The second-order valence-corrected chi connectivity index (χ2v) is 0.917. The maximum Gasteiger partial charge on any atom is 0.291 e.